The van der Waals surface area contributed by atoms with Crippen LogP contribution in [0.2, 0.25) is 0 Å². The average Bonchev–Trinajstić information content (AvgIpc) is 2.40. The maximum absolute atomic E-state index is 12.2. The molecule has 4 heteroatoms. The fraction of sp³-hybridized carbons (Fsp3) is 0.533. The van der Waals surface area contributed by atoms with Crippen molar-refractivity contribution in [1.82, 2.24) is 0 Å². The van der Waals surface area contributed by atoms with E-state index in [4.69, 9.17) is 10.5 Å². The minimum atomic E-state index is 0.0229. The summed E-state index contributed by atoms with van der Waals surface area (Å²) in [7, 11) is 1.61. The molecule has 4 nitrogen and oxygen atoms in total. The molecule has 1 fully saturated rings. The van der Waals surface area contributed by atoms with Crippen molar-refractivity contribution in [2.24, 2.45) is 11.7 Å². The molecule has 3 N–H and O–H groups in total. The molecule has 1 aliphatic carbocycles. The Morgan fingerprint density at radius 1 is 1.42 bits per heavy atom. The molecule has 0 aromatic heterocycles. The highest BCUT2D eigenvalue weighted by atomic mass is 16.5. The molecule has 0 radical (unpaired) electrons. The second kappa shape index (κ2) is 6.06. The number of anilines is 1. The van der Waals surface area contributed by atoms with E-state index < -0.39 is 0 Å². The largest absolute Gasteiger partial charge is 0.495 e. The monoisotopic (exact) mass is 262 g/mol. The molecule has 104 valence electrons. The number of carbonyl (C=O) groups is 1. The van der Waals surface area contributed by atoms with E-state index in [0.717, 1.165) is 36.9 Å². The van der Waals surface area contributed by atoms with Crippen LogP contribution in [0.5, 0.6) is 5.75 Å². The summed E-state index contributed by atoms with van der Waals surface area (Å²) in [5.74, 6) is 0.778. The minimum absolute atomic E-state index is 0.0229. The Kier molecular flexibility index (Phi) is 4.43. The number of ether oxygens (including phenoxy) is 1. The van der Waals surface area contributed by atoms with Crippen LogP contribution in [0.3, 0.4) is 0 Å². The van der Waals surface area contributed by atoms with Gasteiger partial charge in [-0.2, -0.15) is 0 Å². The Morgan fingerprint density at radius 3 is 2.89 bits per heavy atom. The minimum Gasteiger partial charge on any atom is -0.495 e. The van der Waals surface area contributed by atoms with Crippen molar-refractivity contribution in [2.75, 3.05) is 12.4 Å². The van der Waals surface area contributed by atoms with Crippen molar-refractivity contribution in [2.45, 2.75) is 38.6 Å². The molecule has 1 saturated carbocycles. The highest BCUT2D eigenvalue weighted by Crippen LogP contribution is 2.28. The Bertz CT molecular complexity index is 459. The van der Waals surface area contributed by atoms with Gasteiger partial charge in [0.1, 0.15) is 5.75 Å². The van der Waals surface area contributed by atoms with Crippen molar-refractivity contribution < 1.29 is 9.53 Å². The lowest BCUT2D eigenvalue weighted by molar-refractivity contribution is -0.120. The number of rotatable bonds is 3. The summed E-state index contributed by atoms with van der Waals surface area (Å²) >= 11 is 0. The van der Waals surface area contributed by atoms with E-state index in [9.17, 15) is 4.79 Å². The summed E-state index contributed by atoms with van der Waals surface area (Å²) in [6.45, 7) is 1.99. The molecule has 1 aromatic rings. The maximum atomic E-state index is 12.2. The highest BCUT2D eigenvalue weighted by Gasteiger charge is 2.25. The van der Waals surface area contributed by atoms with E-state index in [0.29, 0.717) is 5.75 Å². The lowest BCUT2D eigenvalue weighted by Gasteiger charge is -2.25. The smallest absolute Gasteiger partial charge is 0.227 e. The predicted molar refractivity (Wildman–Crippen MR) is 76.3 cm³/mol. The lowest BCUT2D eigenvalue weighted by atomic mass is 9.85. The van der Waals surface area contributed by atoms with Crippen molar-refractivity contribution >= 4 is 11.6 Å². The number of nitrogens with one attached hydrogen (secondary N) is 1. The number of aryl methyl sites for hydroxylation is 1. The van der Waals surface area contributed by atoms with E-state index in [1.54, 1.807) is 7.11 Å². The Labute approximate surface area is 114 Å². The second-order valence-corrected chi connectivity index (χ2v) is 5.32. The van der Waals surface area contributed by atoms with Crippen molar-refractivity contribution in [3.05, 3.63) is 23.8 Å². The van der Waals surface area contributed by atoms with E-state index in [1.807, 2.05) is 25.1 Å². The Morgan fingerprint density at radius 2 is 2.21 bits per heavy atom. The Balaban J connectivity index is 2.06. The first-order valence-electron chi connectivity index (χ1n) is 6.81. The second-order valence-electron chi connectivity index (χ2n) is 5.32. The molecule has 2 unspecified atom stereocenters. The van der Waals surface area contributed by atoms with Crippen LogP contribution in [0, 0.1) is 12.8 Å². The van der Waals surface area contributed by atoms with Crippen LogP contribution in [-0.4, -0.2) is 19.1 Å². The van der Waals surface area contributed by atoms with Crippen LogP contribution in [0.1, 0.15) is 31.2 Å². The maximum Gasteiger partial charge on any atom is 0.227 e. The van der Waals surface area contributed by atoms with Crippen molar-refractivity contribution in [3.63, 3.8) is 0 Å². The molecule has 0 bridgehead atoms. The lowest BCUT2D eigenvalue weighted by Crippen LogP contribution is -2.34. The number of amides is 1. The van der Waals surface area contributed by atoms with Crippen LogP contribution in [0.4, 0.5) is 5.69 Å². The zero-order chi connectivity index (χ0) is 13.8. The summed E-state index contributed by atoms with van der Waals surface area (Å²) < 4.78 is 5.30. The first-order chi connectivity index (χ1) is 9.10. The number of carbonyl (C=O) groups excluding carboxylic acids is 1. The third-order valence-electron chi connectivity index (χ3n) is 3.70. The van der Waals surface area contributed by atoms with Crippen LogP contribution in [0.15, 0.2) is 18.2 Å². The van der Waals surface area contributed by atoms with Gasteiger partial charge in [-0.3, -0.25) is 4.79 Å². The van der Waals surface area contributed by atoms with E-state index in [2.05, 4.69) is 5.32 Å². The zero-order valence-corrected chi connectivity index (χ0v) is 11.6. The van der Waals surface area contributed by atoms with Gasteiger partial charge in [0, 0.05) is 12.0 Å². The molecular weight excluding hydrogens is 240 g/mol. The van der Waals surface area contributed by atoms with E-state index in [1.165, 1.54) is 0 Å². The summed E-state index contributed by atoms with van der Waals surface area (Å²) in [5, 5.41) is 2.96. The van der Waals surface area contributed by atoms with Crippen molar-refractivity contribution in [1.29, 1.82) is 0 Å². The Hall–Kier alpha value is -1.55. The molecule has 0 saturated heterocycles. The molecule has 0 aliphatic heterocycles. The molecule has 1 aromatic carbocycles. The van der Waals surface area contributed by atoms with Gasteiger partial charge in [-0.05, 0) is 43.9 Å². The predicted octanol–water partition coefficient (Wildman–Crippen LogP) is 2.46. The number of benzene rings is 1. The summed E-state index contributed by atoms with van der Waals surface area (Å²) in [4.78, 5) is 12.2. The first-order valence-corrected chi connectivity index (χ1v) is 6.81. The number of nitrogens with two attached hydrogens (primary N) is 1. The molecule has 19 heavy (non-hydrogen) atoms. The van der Waals surface area contributed by atoms with Gasteiger partial charge in [0.15, 0.2) is 0 Å². The molecule has 0 heterocycles. The normalized spacial score (nSPS) is 22.9. The third kappa shape index (κ3) is 3.47. The molecule has 2 rings (SSSR count). The van der Waals surface area contributed by atoms with Gasteiger partial charge in [-0.1, -0.05) is 12.5 Å². The van der Waals surface area contributed by atoms with Gasteiger partial charge in [0.05, 0.1) is 12.8 Å². The standard InChI is InChI=1S/C15H22N2O2/c1-10-6-7-13(14(8-10)19-2)17-15(18)11-4-3-5-12(16)9-11/h6-8,11-12H,3-5,9,16H2,1-2H3,(H,17,18). The molecular formula is C15H22N2O2. The third-order valence-corrected chi connectivity index (χ3v) is 3.70. The summed E-state index contributed by atoms with van der Waals surface area (Å²) in [6.07, 6.45) is 3.76. The van der Waals surface area contributed by atoms with Gasteiger partial charge in [-0.25, -0.2) is 0 Å². The van der Waals surface area contributed by atoms with Crippen LogP contribution in [0.25, 0.3) is 0 Å². The highest BCUT2D eigenvalue weighted by molar-refractivity contribution is 5.94. The van der Waals surface area contributed by atoms with Crippen LogP contribution in [-0.2, 0) is 4.79 Å². The van der Waals surface area contributed by atoms with E-state index >= 15 is 0 Å². The van der Waals surface area contributed by atoms with Gasteiger partial charge in [-0.15, -0.1) is 0 Å². The van der Waals surface area contributed by atoms with Crippen LogP contribution < -0.4 is 15.8 Å². The van der Waals surface area contributed by atoms with Crippen molar-refractivity contribution in [3.8, 4) is 5.75 Å². The van der Waals surface area contributed by atoms with Gasteiger partial charge < -0.3 is 15.8 Å². The number of hydrogen-bond donors (Lipinski definition) is 2. The summed E-state index contributed by atoms with van der Waals surface area (Å²) in [6, 6.07) is 5.92. The molecule has 1 amide bonds. The van der Waals surface area contributed by atoms with Gasteiger partial charge in [0.25, 0.3) is 0 Å². The fourth-order valence-corrected chi connectivity index (χ4v) is 2.60. The topological polar surface area (TPSA) is 64.3 Å². The number of methoxy groups -OCH3 is 1. The van der Waals surface area contributed by atoms with Crippen LogP contribution >= 0.6 is 0 Å². The number of hydrogen-bond acceptors (Lipinski definition) is 3. The van der Waals surface area contributed by atoms with E-state index in [-0.39, 0.29) is 17.9 Å². The molecule has 2 atom stereocenters. The van der Waals surface area contributed by atoms with Gasteiger partial charge in [0.2, 0.25) is 5.91 Å². The molecule has 0 spiro atoms. The zero-order valence-electron chi connectivity index (χ0n) is 11.6. The fourth-order valence-electron chi connectivity index (χ4n) is 2.60. The first kappa shape index (κ1) is 13.9. The van der Waals surface area contributed by atoms with Gasteiger partial charge >= 0.3 is 0 Å². The average molecular weight is 262 g/mol. The quantitative estimate of drug-likeness (QED) is 0.879. The molecule has 1 aliphatic rings. The summed E-state index contributed by atoms with van der Waals surface area (Å²) in [5.41, 5.74) is 7.77. The SMILES string of the molecule is COc1cc(C)ccc1NC(=O)C1CCCC(N)C1.